The van der Waals surface area contributed by atoms with Crippen LogP contribution in [0.5, 0.6) is 0 Å². The molecule has 0 saturated heterocycles. The van der Waals surface area contributed by atoms with E-state index in [-0.39, 0.29) is 5.91 Å². The van der Waals surface area contributed by atoms with Gasteiger partial charge in [-0.3, -0.25) is 4.79 Å². The van der Waals surface area contributed by atoms with Crippen LogP contribution in [-0.2, 0) is 9.53 Å². The first-order valence-corrected chi connectivity index (χ1v) is 5.61. The van der Waals surface area contributed by atoms with Crippen LogP contribution in [0, 0.1) is 6.92 Å². The van der Waals surface area contributed by atoms with Gasteiger partial charge in [0, 0.05) is 19.9 Å². The van der Waals surface area contributed by atoms with Gasteiger partial charge >= 0.3 is 0 Å². The number of rotatable bonds is 6. The highest BCUT2D eigenvalue weighted by Crippen LogP contribution is 2.05. The standard InChI is InChI=1S/C12H19N3O2/c1-9-5-6-11(14-8-9)15-12(16)10(13)4-3-7-17-2/h5-6,8,10H,3-4,7,13H2,1-2H3,(H,14,15,16). The molecule has 0 bridgehead atoms. The van der Waals surface area contributed by atoms with Crippen LogP contribution in [0.15, 0.2) is 18.3 Å². The summed E-state index contributed by atoms with van der Waals surface area (Å²) in [6.07, 6.45) is 3.07. The average molecular weight is 237 g/mol. The molecule has 1 heterocycles. The van der Waals surface area contributed by atoms with E-state index >= 15 is 0 Å². The van der Waals surface area contributed by atoms with E-state index in [4.69, 9.17) is 10.5 Å². The molecular weight excluding hydrogens is 218 g/mol. The largest absolute Gasteiger partial charge is 0.385 e. The van der Waals surface area contributed by atoms with E-state index in [1.54, 1.807) is 19.4 Å². The van der Waals surface area contributed by atoms with Crippen molar-refractivity contribution in [2.24, 2.45) is 5.73 Å². The number of ether oxygens (including phenoxy) is 1. The normalized spacial score (nSPS) is 12.2. The lowest BCUT2D eigenvalue weighted by molar-refractivity contribution is -0.117. The van der Waals surface area contributed by atoms with Crippen molar-refractivity contribution in [3.8, 4) is 0 Å². The second-order valence-corrected chi connectivity index (χ2v) is 3.95. The maximum absolute atomic E-state index is 11.7. The number of hydrogen-bond donors (Lipinski definition) is 2. The molecule has 0 radical (unpaired) electrons. The smallest absolute Gasteiger partial charge is 0.242 e. The first-order chi connectivity index (χ1) is 8.13. The Hall–Kier alpha value is -1.46. The van der Waals surface area contributed by atoms with Gasteiger partial charge in [-0.25, -0.2) is 4.98 Å². The molecule has 0 fully saturated rings. The van der Waals surface area contributed by atoms with Crippen LogP contribution in [0.25, 0.3) is 0 Å². The Balaban J connectivity index is 2.40. The number of amides is 1. The minimum atomic E-state index is -0.520. The minimum Gasteiger partial charge on any atom is -0.385 e. The highest BCUT2D eigenvalue weighted by Gasteiger charge is 2.13. The van der Waals surface area contributed by atoms with Gasteiger partial charge in [-0.2, -0.15) is 0 Å². The monoisotopic (exact) mass is 237 g/mol. The molecule has 0 saturated carbocycles. The van der Waals surface area contributed by atoms with Crippen molar-refractivity contribution in [2.75, 3.05) is 19.0 Å². The first kappa shape index (κ1) is 13.6. The molecule has 1 aromatic heterocycles. The summed E-state index contributed by atoms with van der Waals surface area (Å²) >= 11 is 0. The summed E-state index contributed by atoms with van der Waals surface area (Å²) in [4.78, 5) is 15.8. The number of aryl methyl sites for hydroxylation is 1. The summed E-state index contributed by atoms with van der Waals surface area (Å²) in [7, 11) is 1.63. The lowest BCUT2D eigenvalue weighted by atomic mass is 10.1. The highest BCUT2D eigenvalue weighted by molar-refractivity contribution is 5.93. The topological polar surface area (TPSA) is 77.2 Å². The van der Waals surface area contributed by atoms with Gasteiger partial charge in [-0.15, -0.1) is 0 Å². The number of nitrogens with two attached hydrogens (primary N) is 1. The van der Waals surface area contributed by atoms with Crippen molar-refractivity contribution in [1.82, 2.24) is 4.98 Å². The van der Waals surface area contributed by atoms with Crippen LogP contribution in [0.3, 0.4) is 0 Å². The lowest BCUT2D eigenvalue weighted by Crippen LogP contribution is -2.35. The number of methoxy groups -OCH3 is 1. The lowest BCUT2D eigenvalue weighted by Gasteiger charge is -2.11. The Morgan fingerprint density at radius 3 is 2.94 bits per heavy atom. The number of nitrogens with zero attached hydrogens (tertiary/aromatic N) is 1. The van der Waals surface area contributed by atoms with Crippen molar-refractivity contribution >= 4 is 11.7 Å². The maximum atomic E-state index is 11.7. The van der Waals surface area contributed by atoms with E-state index in [1.165, 1.54) is 0 Å². The summed E-state index contributed by atoms with van der Waals surface area (Å²) in [5, 5.41) is 2.68. The molecule has 94 valence electrons. The summed E-state index contributed by atoms with van der Waals surface area (Å²) in [5.41, 5.74) is 6.79. The van der Waals surface area contributed by atoms with Crippen molar-refractivity contribution in [1.29, 1.82) is 0 Å². The van der Waals surface area contributed by atoms with Crippen molar-refractivity contribution < 1.29 is 9.53 Å². The van der Waals surface area contributed by atoms with Crippen LogP contribution in [0.1, 0.15) is 18.4 Å². The third kappa shape index (κ3) is 4.93. The zero-order valence-corrected chi connectivity index (χ0v) is 10.3. The molecule has 17 heavy (non-hydrogen) atoms. The molecule has 5 nitrogen and oxygen atoms in total. The third-order valence-corrected chi connectivity index (χ3v) is 2.36. The van der Waals surface area contributed by atoms with Gasteiger partial charge < -0.3 is 15.8 Å². The van der Waals surface area contributed by atoms with E-state index in [2.05, 4.69) is 10.3 Å². The van der Waals surface area contributed by atoms with Gasteiger partial charge in [0.2, 0.25) is 5.91 Å². The molecule has 1 amide bonds. The minimum absolute atomic E-state index is 0.211. The molecule has 1 rings (SSSR count). The van der Waals surface area contributed by atoms with Gasteiger partial charge in [0.05, 0.1) is 6.04 Å². The number of carbonyl (C=O) groups is 1. The van der Waals surface area contributed by atoms with Gasteiger partial charge in [-0.05, 0) is 31.4 Å². The second-order valence-electron chi connectivity index (χ2n) is 3.95. The van der Waals surface area contributed by atoms with Gasteiger partial charge in [0.1, 0.15) is 5.82 Å². The number of hydrogen-bond acceptors (Lipinski definition) is 4. The molecule has 1 atom stereocenters. The van der Waals surface area contributed by atoms with Crippen LogP contribution in [-0.4, -0.2) is 30.6 Å². The van der Waals surface area contributed by atoms with E-state index in [0.29, 0.717) is 18.8 Å². The molecule has 1 unspecified atom stereocenters. The number of anilines is 1. The summed E-state index contributed by atoms with van der Waals surface area (Å²) < 4.78 is 4.90. The third-order valence-electron chi connectivity index (χ3n) is 2.36. The molecule has 0 aliphatic rings. The molecule has 1 aromatic rings. The molecule has 0 spiro atoms. The summed E-state index contributed by atoms with van der Waals surface area (Å²) in [6.45, 7) is 2.55. The Bertz CT molecular complexity index is 351. The van der Waals surface area contributed by atoms with Crippen LogP contribution >= 0.6 is 0 Å². The Labute approximate surface area is 101 Å². The summed E-state index contributed by atoms with van der Waals surface area (Å²) in [5.74, 6) is 0.320. The fourth-order valence-electron chi connectivity index (χ4n) is 1.34. The van der Waals surface area contributed by atoms with E-state index in [0.717, 1.165) is 12.0 Å². The van der Waals surface area contributed by atoms with Gasteiger partial charge in [-0.1, -0.05) is 6.07 Å². The molecule has 0 aromatic carbocycles. The van der Waals surface area contributed by atoms with Crippen LogP contribution in [0.4, 0.5) is 5.82 Å². The quantitative estimate of drug-likeness (QED) is 0.726. The zero-order chi connectivity index (χ0) is 12.7. The molecule has 0 aliphatic heterocycles. The first-order valence-electron chi connectivity index (χ1n) is 5.61. The van der Waals surface area contributed by atoms with Crippen LogP contribution < -0.4 is 11.1 Å². The fraction of sp³-hybridized carbons (Fsp3) is 0.500. The molecule has 0 aliphatic carbocycles. The number of nitrogens with one attached hydrogen (secondary N) is 1. The number of aromatic nitrogens is 1. The predicted octanol–water partition coefficient (Wildman–Crippen LogP) is 1.08. The molecule has 5 heteroatoms. The Morgan fingerprint density at radius 2 is 2.35 bits per heavy atom. The summed E-state index contributed by atoms with van der Waals surface area (Å²) in [6, 6.07) is 3.13. The van der Waals surface area contributed by atoms with Crippen molar-refractivity contribution in [3.63, 3.8) is 0 Å². The second kappa shape index (κ2) is 6.98. The molecular formula is C12H19N3O2. The van der Waals surface area contributed by atoms with Crippen LogP contribution in [0.2, 0.25) is 0 Å². The van der Waals surface area contributed by atoms with Crippen molar-refractivity contribution in [3.05, 3.63) is 23.9 Å². The predicted molar refractivity (Wildman–Crippen MR) is 66.7 cm³/mol. The molecule has 3 N–H and O–H groups in total. The van der Waals surface area contributed by atoms with Gasteiger partial charge in [0.25, 0.3) is 0 Å². The average Bonchev–Trinajstić information content (AvgIpc) is 2.32. The van der Waals surface area contributed by atoms with E-state index < -0.39 is 6.04 Å². The number of pyridine rings is 1. The number of carbonyl (C=O) groups excluding carboxylic acids is 1. The highest BCUT2D eigenvalue weighted by atomic mass is 16.5. The fourth-order valence-corrected chi connectivity index (χ4v) is 1.34. The Kier molecular flexibility index (Phi) is 5.59. The van der Waals surface area contributed by atoms with Crippen molar-refractivity contribution in [2.45, 2.75) is 25.8 Å². The van der Waals surface area contributed by atoms with E-state index in [1.807, 2.05) is 13.0 Å². The van der Waals surface area contributed by atoms with Gasteiger partial charge in [0.15, 0.2) is 0 Å². The van der Waals surface area contributed by atoms with E-state index in [9.17, 15) is 4.79 Å². The Morgan fingerprint density at radius 1 is 1.59 bits per heavy atom. The SMILES string of the molecule is COCCCC(N)C(=O)Nc1ccc(C)cn1. The zero-order valence-electron chi connectivity index (χ0n) is 10.3. The maximum Gasteiger partial charge on any atom is 0.242 e.